The Hall–Kier alpha value is -1.88. The van der Waals surface area contributed by atoms with E-state index in [1.807, 2.05) is 34.5 Å². The van der Waals surface area contributed by atoms with Gasteiger partial charge >= 0.3 is 0 Å². The van der Waals surface area contributed by atoms with E-state index in [-0.39, 0.29) is 5.91 Å². The molecule has 1 aliphatic heterocycles. The minimum absolute atomic E-state index is 0.0543. The number of rotatable bonds is 4. The molecule has 1 aliphatic rings. The topological polar surface area (TPSA) is 42.4 Å². The van der Waals surface area contributed by atoms with Crippen molar-refractivity contribution in [2.75, 3.05) is 13.7 Å². The highest BCUT2D eigenvalue weighted by molar-refractivity contribution is 7.13. The molecule has 5 heteroatoms. The van der Waals surface area contributed by atoms with Gasteiger partial charge < -0.3 is 9.64 Å². The lowest BCUT2D eigenvalue weighted by atomic mass is 10.0. The van der Waals surface area contributed by atoms with E-state index < -0.39 is 0 Å². The van der Waals surface area contributed by atoms with Crippen LogP contribution in [0.5, 0.6) is 5.75 Å². The van der Waals surface area contributed by atoms with Crippen molar-refractivity contribution in [2.45, 2.75) is 32.7 Å². The van der Waals surface area contributed by atoms with Crippen LogP contribution in [-0.4, -0.2) is 35.5 Å². The van der Waals surface area contributed by atoms with Crippen molar-refractivity contribution in [3.05, 3.63) is 35.3 Å². The third-order valence-electron chi connectivity index (χ3n) is 4.39. The highest BCUT2D eigenvalue weighted by atomic mass is 32.1. The molecule has 0 spiro atoms. The molecule has 3 rings (SSSR count). The summed E-state index contributed by atoms with van der Waals surface area (Å²) in [6.07, 6.45) is 2.17. The second kappa shape index (κ2) is 6.71. The number of carbonyl (C=O) groups is 1. The molecule has 1 amide bonds. The lowest BCUT2D eigenvalue weighted by Crippen LogP contribution is -2.38. The van der Waals surface area contributed by atoms with Crippen LogP contribution in [0.3, 0.4) is 0 Å². The Balaban J connectivity index is 1.86. The van der Waals surface area contributed by atoms with Crippen LogP contribution in [0.4, 0.5) is 0 Å². The molecule has 1 saturated heterocycles. The van der Waals surface area contributed by atoms with Crippen molar-refractivity contribution in [1.29, 1.82) is 0 Å². The SMILES string of the molecule is COc1ccccc1-c1nc(C(=O)N2CCC[C@H]2C(C)C)cs1. The summed E-state index contributed by atoms with van der Waals surface area (Å²) >= 11 is 1.49. The predicted molar refractivity (Wildman–Crippen MR) is 93.0 cm³/mol. The van der Waals surface area contributed by atoms with E-state index in [0.717, 1.165) is 35.7 Å². The number of nitrogens with zero attached hydrogens (tertiary/aromatic N) is 2. The Bertz CT molecular complexity index is 696. The fourth-order valence-corrected chi connectivity index (χ4v) is 4.03. The van der Waals surface area contributed by atoms with Crippen LogP contribution in [0, 0.1) is 5.92 Å². The highest BCUT2D eigenvalue weighted by Crippen LogP contribution is 2.33. The fraction of sp³-hybridized carbons (Fsp3) is 0.444. The van der Waals surface area contributed by atoms with Gasteiger partial charge in [-0.2, -0.15) is 0 Å². The Kier molecular flexibility index (Phi) is 4.66. The number of ether oxygens (including phenoxy) is 1. The first-order valence-corrected chi connectivity index (χ1v) is 8.89. The van der Waals surface area contributed by atoms with Gasteiger partial charge in [-0.15, -0.1) is 11.3 Å². The number of aromatic nitrogens is 1. The van der Waals surface area contributed by atoms with E-state index in [0.29, 0.717) is 17.7 Å². The van der Waals surface area contributed by atoms with Gasteiger partial charge in [0, 0.05) is 18.0 Å². The summed E-state index contributed by atoms with van der Waals surface area (Å²) in [5.74, 6) is 1.31. The average Bonchev–Trinajstić information content (AvgIpc) is 3.23. The summed E-state index contributed by atoms with van der Waals surface area (Å²) in [6.45, 7) is 5.19. The second-order valence-corrected chi connectivity index (χ2v) is 7.05. The summed E-state index contributed by atoms with van der Waals surface area (Å²) in [7, 11) is 1.65. The van der Waals surface area contributed by atoms with Crippen LogP contribution < -0.4 is 4.74 Å². The third kappa shape index (κ3) is 3.11. The van der Waals surface area contributed by atoms with Crippen LogP contribution in [0.2, 0.25) is 0 Å². The normalized spacial score (nSPS) is 17.7. The van der Waals surface area contributed by atoms with Crippen LogP contribution >= 0.6 is 11.3 Å². The molecule has 0 radical (unpaired) electrons. The van der Waals surface area contributed by atoms with Gasteiger partial charge in [0.25, 0.3) is 5.91 Å². The van der Waals surface area contributed by atoms with E-state index in [2.05, 4.69) is 18.8 Å². The number of methoxy groups -OCH3 is 1. The summed E-state index contributed by atoms with van der Waals surface area (Å²) < 4.78 is 5.39. The van der Waals surface area contributed by atoms with Crippen molar-refractivity contribution in [3.8, 4) is 16.3 Å². The Morgan fingerprint density at radius 2 is 2.17 bits per heavy atom. The maximum absolute atomic E-state index is 12.8. The van der Waals surface area contributed by atoms with Gasteiger partial charge in [-0.1, -0.05) is 26.0 Å². The van der Waals surface area contributed by atoms with Gasteiger partial charge in [0.05, 0.1) is 12.7 Å². The molecule has 4 nitrogen and oxygen atoms in total. The molecule has 2 aromatic rings. The Morgan fingerprint density at radius 1 is 1.39 bits per heavy atom. The summed E-state index contributed by atoms with van der Waals surface area (Å²) in [5, 5.41) is 2.69. The van der Waals surface area contributed by atoms with Gasteiger partial charge in [-0.3, -0.25) is 4.79 Å². The first kappa shape index (κ1) is 16.0. The summed E-state index contributed by atoms with van der Waals surface area (Å²) in [5.41, 5.74) is 1.48. The number of hydrogen-bond donors (Lipinski definition) is 0. The zero-order valence-corrected chi connectivity index (χ0v) is 14.6. The van der Waals surface area contributed by atoms with Crippen LogP contribution in [0.25, 0.3) is 10.6 Å². The number of carbonyl (C=O) groups excluding carboxylic acids is 1. The van der Waals surface area contributed by atoms with E-state index in [9.17, 15) is 4.79 Å². The van der Waals surface area contributed by atoms with Gasteiger partial charge in [-0.05, 0) is 30.9 Å². The van der Waals surface area contributed by atoms with Gasteiger partial charge in [0.2, 0.25) is 0 Å². The molecule has 0 aliphatic carbocycles. The fourth-order valence-electron chi connectivity index (χ4n) is 3.20. The number of hydrogen-bond acceptors (Lipinski definition) is 4. The maximum Gasteiger partial charge on any atom is 0.273 e. The third-order valence-corrected chi connectivity index (χ3v) is 5.27. The van der Waals surface area contributed by atoms with E-state index in [1.54, 1.807) is 7.11 Å². The molecule has 0 bridgehead atoms. The summed E-state index contributed by atoms with van der Waals surface area (Å²) in [4.78, 5) is 19.4. The number of benzene rings is 1. The molecule has 0 N–H and O–H groups in total. The number of para-hydroxylation sites is 1. The zero-order valence-electron chi connectivity index (χ0n) is 13.8. The molecule has 1 aromatic carbocycles. The lowest BCUT2D eigenvalue weighted by Gasteiger charge is -2.27. The second-order valence-electron chi connectivity index (χ2n) is 6.19. The molecular weight excluding hydrogens is 308 g/mol. The first-order chi connectivity index (χ1) is 11.1. The molecule has 122 valence electrons. The number of thiazole rings is 1. The van der Waals surface area contributed by atoms with Crippen LogP contribution in [0.15, 0.2) is 29.6 Å². The molecular formula is C18H22N2O2S. The maximum atomic E-state index is 12.8. The molecule has 1 fully saturated rings. The minimum atomic E-state index is 0.0543. The molecule has 1 aromatic heterocycles. The largest absolute Gasteiger partial charge is 0.496 e. The average molecular weight is 330 g/mol. The van der Waals surface area contributed by atoms with Crippen molar-refractivity contribution < 1.29 is 9.53 Å². The van der Waals surface area contributed by atoms with E-state index in [4.69, 9.17) is 4.74 Å². The quantitative estimate of drug-likeness (QED) is 0.848. The van der Waals surface area contributed by atoms with Crippen molar-refractivity contribution in [3.63, 3.8) is 0 Å². The molecule has 2 heterocycles. The number of likely N-dealkylation sites (tertiary alicyclic amines) is 1. The van der Waals surface area contributed by atoms with Gasteiger partial charge in [0.15, 0.2) is 0 Å². The minimum Gasteiger partial charge on any atom is -0.496 e. The summed E-state index contributed by atoms with van der Waals surface area (Å²) in [6, 6.07) is 8.10. The molecule has 0 unspecified atom stereocenters. The zero-order chi connectivity index (χ0) is 16.4. The van der Waals surface area contributed by atoms with Crippen molar-refractivity contribution in [1.82, 2.24) is 9.88 Å². The molecule has 23 heavy (non-hydrogen) atoms. The van der Waals surface area contributed by atoms with Crippen LogP contribution in [0.1, 0.15) is 37.2 Å². The molecule has 1 atom stereocenters. The van der Waals surface area contributed by atoms with Crippen molar-refractivity contribution in [2.24, 2.45) is 5.92 Å². The van der Waals surface area contributed by atoms with E-state index in [1.165, 1.54) is 11.3 Å². The van der Waals surface area contributed by atoms with Gasteiger partial charge in [0.1, 0.15) is 16.5 Å². The number of amides is 1. The van der Waals surface area contributed by atoms with Crippen LogP contribution in [-0.2, 0) is 0 Å². The Labute approximate surface area is 141 Å². The van der Waals surface area contributed by atoms with Gasteiger partial charge in [-0.25, -0.2) is 4.98 Å². The smallest absolute Gasteiger partial charge is 0.273 e. The highest BCUT2D eigenvalue weighted by Gasteiger charge is 2.32. The monoisotopic (exact) mass is 330 g/mol. The predicted octanol–water partition coefficient (Wildman–Crippen LogP) is 4.08. The Morgan fingerprint density at radius 3 is 2.91 bits per heavy atom. The lowest BCUT2D eigenvalue weighted by molar-refractivity contribution is 0.0696. The van der Waals surface area contributed by atoms with Crippen molar-refractivity contribution >= 4 is 17.2 Å². The standard InChI is InChI=1S/C18H22N2O2S/c1-12(2)15-8-6-10-20(15)18(21)14-11-23-17(19-14)13-7-4-5-9-16(13)22-3/h4-5,7,9,11-12,15H,6,8,10H2,1-3H3/t15-/m0/s1. The molecule has 0 saturated carbocycles. The van der Waals surface area contributed by atoms with E-state index >= 15 is 0 Å². The first-order valence-electron chi connectivity index (χ1n) is 8.01.